The van der Waals surface area contributed by atoms with Gasteiger partial charge in [-0.25, -0.2) is 0 Å². The summed E-state index contributed by atoms with van der Waals surface area (Å²) in [4.78, 5) is 14.8. The quantitative estimate of drug-likeness (QED) is 0.656. The first-order valence-corrected chi connectivity index (χ1v) is 10.2. The summed E-state index contributed by atoms with van der Waals surface area (Å²) in [6.45, 7) is 7.35. The van der Waals surface area contributed by atoms with Crippen LogP contribution in [0.25, 0.3) is 0 Å². The van der Waals surface area contributed by atoms with Gasteiger partial charge in [0.15, 0.2) is 0 Å². The lowest BCUT2D eigenvalue weighted by Crippen LogP contribution is -2.35. The molecule has 0 unspecified atom stereocenters. The van der Waals surface area contributed by atoms with Crippen LogP contribution in [-0.4, -0.2) is 43.7 Å². The monoisotopic (exact) mass is 382 g/mol. The lowest BCUT2D eigenvalue weighted by molar-refractivity contribution is 0.0342. The Kier molecular flexibility index (Phi) is 7.88. The maximum absolute atomic E-state index is 12.5. The summed E-state index contributed by atoms with van der Waals surface area (Å²) >= 11 is 0. The third kappa shape index (κ3) is 6.36. The highest BCUT2D eigenvalue weighted by Crippen LogP contribution is 2.16. The van der Waals surface area contributed by atoms with Crippen LogP contribution in [0.5, 0.6) is 5.75 Å². The summed E-state index contributed by atoms with van der Waals surface area (Å²) in [7, 11) is 0. The zero-order valence-electron chi connectivity index (χ0n) is 16.7. The Morgan fingerprint density at radius 2 is 1.75 bits per heavy atom. The Morgan fingerprint density at radius 3 is 2.43 bits per heavy atom. The van der Waals surface area contributed by atoms with Gasteiger partial charge in [-0.2, -0.15) is 0 Å². The van der Waals surface area contributed by atoms with Crippen molar-refractivity contribution in [3.05, 3.63) is 59.7 Å². The fourth-order valence-corrected chi connectivity index (χ4v) is 3.16. The summed E-state index contributed by atoms with van der Waals surface area (Å²) in [5.41, 5.74) is 2.67. The van der Waals surface area contributed by atoms with E-state index < -0.39 is 0 Å². The van der Waals surface area contributed by atoms with Gasteiger partial charge in [0.05, 0.1) is 19.8 Å². The van der Waals surface area contributed by atoms with Gasteiger partial charge in [0, 0.05) is 30.9 Å². The van der Waals surface area contributed by atoms with Crippen molar-refractivity contribution in [2.75, 3.05) is 38.2 Å². The molecule has 2 aromatic carbocycles. The van der Waals surface area contributed by atoms with Gasteiger partial charge in [-0.1, -0.05) is 31.9 Å². The third-order valence-corrected chi connectivity index (χ3v) is 4.85. The Labute approximate surface area is 167 Å². The van der Waals surface area contributed by atoms with Gasteiger partial charge in [-0.05, 0) is 48.4 Å². The SMILES string of the molecule is CCCCCOc1ccc(C(=O)Nc2ccc(CN3CCOCC3)cc2)cc1. The Hall–Kier alpha value is -2.37. The molecule has 1 heterocycles. The van der Waals surface area contributed by atoms with Crippen molar-refractivity contribution in [2.24, 2.45) is 0 Å². The molecule has 5 nitrogen and oxygen atoms in total. The van der Waals surface area contributed by atoms with Gasteiger partial charge in [-0.3, -0.25) is 9.69 Å². The molecule has 0 aliphatic carbocycles. The van der Waals surface area contributed by atoms with E-state index in [4.69, 9.17) is 9.47 Å². The molecule has 150 valence electrons. The van der Waals surface area contributed by atoms with Crippen LogP contribution in [0.1, 0.15) is 42.1 Å². The van der Waals surface area contributed by atoms with E-state index in [1.807, 2.05) is 24.3 Å². The molecular formula is C23H30N2O3. The van der Waals surface area contributed by atoms with E-state index >= 15 is 0 Å². The van der Waals surface area contributed by atoms with Crippen LogP contribution in [0.2, 0.25) is 0 Å². The largest absolute Gasteiger partial charge is 0.494 e. The zero-order chi connectivity index (χ0) is 19.6. The molecule has 1 fully saturated rings. The number of anilines is 1. The summed E-state index contributed by atoms with van der Waals surface area (Å²) in [6.07, 6.45) is 3.41. The van der Waals surface area contributed by atoms with Crippen molar-refractivity contribution in [3.63, 3.8) is 0 Å². The van der Waals surface area contributed by atoms with Crippen LogP contribution in [0.15, 0.2) is 48.5 Å². The fourth-order valence-electron chi connectivity index (χ4n) is 3.16. The van der Waals surface area contributed by atoms with E-state index in [0.29, 0.717) is 5.56 Å². The Balaban J connectivity index is 1.48. The number of hydrogen-bond acceptors (Lipinski definition) is 4. The highest BCUT2D eigenvalue weighted by Gasteiger charge is 2.11. The standard InChI is InChI=1S/C23H30N2O3/c1-2-3-4-15-28-22-11-7-20(8-12-22)23(26)24-21-9-5-19(6-10-21)18-25-13-16-27-17-14-25/h5-12H,2-4,13-18H2,1H3,(H,24,26). The molecular weight excluding hydrogens is 352 g/mol. The topological polar surface area (TPSA) is 50.8 Å². The maximum Gasteiger partial charge on any atom is 0.255 e. The first kappa shape index (κ1) is 20.4. The van der Waals surface area contributed by atoms with E-state index in [0.717, 1.165) is 57.3 Å². The van der Waals surface area contributed by atoms with E-state index in [2.05, 4.69) is 29.3 Å². The molecule has 1 aliphatic heterocycles. The molecule has 1 saturated heterocycles. The minimum absolute atomic E-state index is 0.113. The summed E-state index contributed by atoms with van der Waals surface area (Å²) < 4.78 is 11.1. The first-order valence-electron chi connectivity index (χ1n) is 10.2. The number of morpholine rings is 1. The van der Waals surface area contributed by atoms with Crippen LogP contribution < -0.4 is 10.1 Å². The van der Waals surface area contributed by atoms with E-state index in [1.54, 1.807) is 12.1 Å². The minimum Gasteiger partial charge on any atom is -0.494 e. The molecule has 28 heavy (non-hydrogen) atoms. The van der Waals surface area contributed by atoms with E-state index in [-0.39, 0.29) is 5.91 Å². The number of rotatable bonds is 9. The normalized spacial score (nSPS) is 14.6. The van der Waals surface area contributed by atoms with Crippen molar-refractivity contribution < 1.29 is 14.3 Å². The van der Waals surface area contributed by atoms with Gasteiger partial charge in [0.1, 0.15) is 5.75 Å². The second-order valence-corrected chi connectivity index (χ2v) is 7.12. The number of unbranched alkanes of at least 4 members (excludes halogenated alkanes) is 2. The van der Waals surface area contributed by atoms with E-state index in [1.165, 1.54) is 18.4 Å². The highest BCUT2D eigenvalue weighted by atomic mass is 16.5. The van der Waals surface area contributed by atoms with Crippen molar-refractivity contribution in [1.29, 1.82) is 0 Å². The lowest BCUT2D eigenvalue weighted by Gasteiger charge is -2.26. The molecule has 1 amide bonds. The average molecular weight is 383 g/mol. The van der Waals surface area contributed by atoms with Crippen molar-refractivity contribution in [3.8, 4) is 5.75 Å². The number of nitrogens with one attached hydrogen (secondary N) is 1. The van der Waals surface area contributed by atoms with Crippen LogP contribution >= 0.6 is 0 Å². The molecule has 1 N–H and O–H groups in total. The van der Waals surface area contributed by atoms with Crippen molar-refractivity contribution in [2.45, 2.75) is 32.7 Å². The molecule has 1 aliphatic rings. The van der Waals surface area contributed by atoms with E-state index in [9.17, 15) is 4.79 Å². The van der Waals surface area contributed by atoms with Crippen molar-refractivity contribution >= 4 is 11.6 Å². The molecule has 0 atom stereocenters. The molecule has 0 saturated carbocycles. The Morgan fingerprint density at radius 1 is 1.04 bits per heavy atom. The number of amides is 1. The number of benzene rings is 2. The molecule has 0 radical (unpaired) electrons. The zero-order valence-corrected chi connectivity index (χ0v) is 16.7. The number of hydrogen-bond donors (Lipinski definition) is 1. The molecule has 5 heteroatoms. The van der Waals surface area contributed by atoms with Gasteiger partial charge in [0.2, 0.25) is 0 Å². The maximum atomic E-state index is 12.5. The van der Waals surface area contributed by atoms with Crippen LogP contribution in [0.4, 0.5) is 5.69 Å². The van der Waals surface area contributed by atoms with Gasteiger partial charge < -0.3 is 14.8 Å². The molecule has 2 aromatic rings. The number of carbonyl (C=O) groups excluding carboxylic acids is 1. The molecule has 0 aromatic heterocycles. The Bertz CT molecular complexity index is 723. The summed E-state index contributed by atoms with van der Waals surface area (Å²) in [6, 6.07) is 15.4. The fraction of sp³-hybridized carbons (Fsp3) is 0.435. The molecule has 0 bridgehead atoms. The highest BCUT2D eigenvalue weighted by molar-refractivity contribution is 6.04. The van der Waals surface area contributed by atoms with Gasteiger partial charge in [0.25, 0.3) is 5.91 Å². The lowest BCUT2D eigenvalue weighted by atomic mass is 10.1. The first-order chi connectivity index (χ1) is 13.7. The smallest absolute Gasteiger partial charge is 0.255 e. The van der Waals surface area contributed by atoms with Gasteiger partial charge in [-0.15, -0.1) is 0 Å². The number of carbonyl (C=O) groups is 1. The third-order valence-electron chi connectivity index (χ3n) is 4.85. The second-order valence-electron chi connectivity index (χ2n) is 7.12. The average Bonchev–Trinajstić information content (AvgIpc) is 2.74. The molecule has 3 rings (SSSR count). The predicted octanol–water partition coefficient (Wildman–Crippen LogP) is 4.34. The predicted molar refractivity (Wildman–Crippen MR) is 112 cm³/mol. The summed E-state index contributed by atoms with van der Waals surface area (Å²) in [5.74, 6) is 0.693. The van der Waals surface area contributed by atoms with Crippen molar-refractivity contribution in [1.82, 2.24) is 4.90 Å². The second kappa shape index (κ2) is 10.8. The number of nitrogens with zero attached hydrogens (tertiary/aromatic N) is 1. The van der Waals surface area contributed by atoms with Crippen LogP contribution in [0, 0.1) is 0 Å². The summed E-state index contributed by atoms with van der Waals surface area (Å²) in [5, 5.41) is 2.96. The number of ether oxygens (including phenoxy) is 2. The minimum atomic E-state index is -0.113. The van der Waals surface area contributed by atoms with Crippen LogP contribution in [0.3, 0.4) is 0 Å². The van der Waals surface area contributed by atoms with Gasteiger partial charge >= 0.3 is 0 Å². The molecule has 0 spiro atoms. The van der Waals surface area contributed by atoms with Crippen LogP contribution in [-0.2, 0) is 11.3 Å².